The van der Waals surface area contributed by atoms with E-state index >= 15 is 0 Å². The SMILES string of the molecule is CN(CC(=O)NCC#CCOc1cccc2ccccc12)S(C)(=O)=O. The summed E-state index contributed by atoms with van der Waals surface area (Å²) in [5.41, 5.74) is 0. The topological polar surface area (TPSA) is 75.7 Å². The van der Waals surface area contributed by atoms with E-state index in [-0.39, 0.29) is 19.7 Å². The van der Waals surface area contributed by atoms with Gasteiger partial charge in [-0.15, -0.1) is 0 Å². The Labute approximate surface area is 147 Å². The molecular formula is C18H20N2O4S. The van der Waals surface area contributed by atoms with Crippen molar-refractivity contribution in [2.75, 3.05) is 33.0 Å². The van der Waals surface area contributed by atoms with Gasteiger partial charge in [0, 0.05) is 12.4 Å². The number of hydrogen-bond acceptors (Lipinski definition) is 4. The third-order valence-corrected chi connectivity index (χ3v) is 4.74. The molecule has 0 atom stereocenters. The van der Waals surface area contributed by atoms with E-state index < -0.39 is 15.9 Å². The molecule has 2 aromatic carbocycles. The van der Waals surface area contributed by atoms with Gasteiger partial charge in [-0.05, 0) is 11.5 Å². The molecule has 0 bridgehead atoms. The van der Waals surface area contributed by atoms with Crippen LogP contribution in [-0.2, 0) is 14.8 Å². The predicted molar refractivity (Wildman–Crippen MR) is 97.7 cm³/mol. The molecular weight excluding hydrogens is 340 g/mol. The van der Waals surface area contributed by atoms with Gasteiger partial charge in [0.05, 0.1) is 19.3 Å². The van der Waals surface area contributed by atoms with Crippen LogP contribution in [0.25, 0.3) is 10.8 Å². The average molecular weight is 360 g/mol. The van der Waals surface area contributed by atoms with Crippen molar-refractivity contribution in [1.29, 1.82) is 0 Å². The molecule has 0 spiro atoms. The standard InChI is InChI=1S/C18H20N2O4S/c1-20(25(2,22)23)14-18(21)19-12-5-6-13-24-17-11-7-9-15-8-3-4-10-16(15)17/h3-4,7-11H,12-14H2,1-2H3,(H,19,21). The van der Waals surface area contributed by atoms with Crippen molar-refractivity contribution in [2.24, 2.45) is 0 Å². The van der Waals surface area contributed by atoms with Gasteiger partial charge in [-0.3, -0.25) is 4.79 Å². The summed E-state index contributed by atoms with van der Waals surface area (Å²) in [4.78, 5) is 11.6. The van der Waals surface area contributed by atoms with E-state index in [1.165, 1.54) is 7.05 Å². The van der Waals surface area contributed by atoms with Crippen molar-refractivity contribution >= 4 is 26.7 Å². The third-order valence-electron chi connectivity index (χ3n) is 3.48. The van der Waals surface area contributed by atoms with E-state index in [1.807, 2.05) is 42.5 Å². The number of benzene rings is 2. The Kier molecular flexibility index (Phi) is 6.39. The largest absolute Gasteiger partial charge is 0.480 e. The van der Waals surface area contributed by atoms with Crippen LogP contribution < -0.4 is 10.1 Å². The van der Waals surface area contributed by atoms with Gasteiger partial charge in [0.1, 0.15) is 12.4 Å². The van der Waals surface area contributed by atoms with Gasteiger partial charge in [-0.25, -0.2) is 8.42 Å². The average Bonchev–Trinajstić information content (AvgIpc) is 2.57. The first-order chi connectivity index (χ1) is 11.9. The van der Waals surface area contributed by atoms with E-state index in [2.05, 4.69) is 17.2 Å². The monoisotopic (exact) mass is 360 g/mol. The number of likely N-dealkylation sites (N-methyl/N-ethyl adjacent to an activating group) is 1. The number of sulfonamides is 1. The lowest BCUT2D eigenvalue weighted by atomic mass is 10.1. The molecule has 0 aliphatic carbocycles. The molecule has 132 valence electrons. The maximum atomic E-state index is 11.6. The second-order valence-corrected chi connectivity index (χ2v) is 7.50. The molecule has 0 heterocycles. The molecule has 25 heavy (non-hydrogen) atoms. The lowest BCUT2D eigenvalue weighted by Gasteiger charge is -2.12. The lowest BCUT2D eigenvalue weighted by Crippen LogP contribution is -2.37. The number of hydrogen-bond donors (Lipinski definition) is 1. The third kappa shape index (κ3) is 5.78. The zero-order chi connectivity index (χ0) is 18.3. The highest BCUT2D eigenvalue weighted by Crippen LogP contribution is 2.24. The number of nitrogens with zero attached hydrogens (tertiary/aromatic N) is 1. The molecule has 1 amide bonds. The molecule has 6 nitrogen and oxygen atoms in total. The number of rotatable bonds is 6. The zero-order valence-corrected chi connectivity index (χ0v) is 15.0. The van der Waals surface area contributed by atoms with Gasteiger partial charge in [0.25, 0.3) is 0 Å². The van der Waals surface area contributed by atoms with E-state index in [0.29, 0.717) is 0 Å². The molecule has 2 rings (SSSR count). The molecule has 0 radical (unpaired) electrons. The van der Waals surface area contributed by atoms with Crippen LogP contribution in [0.1, 0.15) is 0 Å². The lowest BCUT2D eigenvalue weighted by molar-refractivity contribution is -0.120. The highest BCUT2D eigenvalue weighted by atomic mass is 32.2. The number of amides is 1. The van der Waals surface area contributed by atoms with Crippen LogP contribution in [0.5, 0.6) is 5.75 Å². The second kappa shape index (κ2) is 8.51. The van der Waals surface area contributed by atoms with E-state index in [9.17, 15) is 13.2 Å². The summed E-state index contributed by atoms with van der Waals surface area (Å²) in [5, 5.41) is 4.65. The van der Waals surface area contributed by atoms with Crippen LogP contribution >= 0.6 is 0 Å². The quantitative estimate of drug-likeness (QED) is 0.786. The molecule has 7 heteroatoms. The van der Waals surface area contributed by atoms with E-state index in [4.69, 9.17) is 4.74 Å². The van der Waals surface area contributed by atoms with E-state index in [1.54, 1.807) is 0 Å². The molecule has 0 saturated carbocycles. The maximum Gasteiger partial charge on any atom is 0.236 e. The minimum Gasteiger partial charge on any atom is -0.480 e. The van der Waals surface area contributed by atoms with Crippen LogP contribution in [-0.4, -0.2) is 51.6 Å². The molecule has 0 unspecified atom stereocenters. The van der Waals surface area contributed by atoms with Crippen molar-refractivity contribution in [3.05, 3.63) is 42.5 Å². The maximum absolute atomic E-state index is 11.6. The Balaban J connectivity index is 1.79. The van der Waals surface area contributed by atoms with Gasteiger partial charge >= 0.3 is 0 Å². The van der Waals surface area contributed by atoms with Crippen molar-refractivity contribution in [3.8, 4) is 17.6 Å². The Morgan fingerprint density at radius 3 is 2.64 bits per heavy atom. The van der Waals surface area contributed by atoms with Gasteiger partial charge in [-0.1, -0.05) is 48.2 Å². The van der Waals surface area contributed by atoms with Crippen LogP contribution in [0.15, 0.2) is 42.5 Å². The smallest absolute Gasteiger partial charge is 0.236 e. The Bertz CT molecular complexity index is 908. The van der Waals surface area contributed by atoms with Gasteiger partial charge < -0.3 is 10.1 Å². The Morgan fingerprint density at radius 2 is 1.88 bits per heavy atom. The first kappa shape index (κ1) is 18.8. The highest BCUT2D eigenvalue weighted by molar-refractivity contribution is 7.88. The summed E-state index contributed by atoms with van der Waals surface area (Å²) in [6, 6.07) is 13.7. The first-order valence-corrected chi connectivity index (χ1v) is 9.47. The first-order valence-electron chi connectivity index (χ1n) is 7.62. The molecule has 0 aromatic heterocycles. The van der Waals surface area contributed by atoms with Gasteiger partial charge in [0.2, 0.25) is 15.9 Å². The molecule has 1 N–H and O–H groups in total. The summed E-state index contributed by atoms with van der Waals surface area (Å²) < 4.78 is 29.1. The molecule has 0 fully saturated rings. The number of ether oxygens (including phenoxy) is 1. The predicted octanol–water partition coefficient (Wildman–Crippen LogP) is 1.23. The number of carbonyl (C=O) groups excluding carboxylic acids is 1. The van der Waals surface area contributed by atoms with Crippen molar-refractivity contribution < 1.29 is 17.9 Å². The normalized spacial score (nSPS) is 11.0. The number of carbonyl (C=O) groups is 1. The van der Waals surface area contributed by atoms with Gasteiger partial charge in [-0.2, -0.15) is 4.31 Å². The molecule has 0 aliphatic heterocycles. The van der Waals surface area contributed by atoms with E-state index in [0.717, 1.165) is 27.1 Å². The molecule has 0 aliphatic rings. The van der Waals surface area contributed by atoms with Gasteiger partial charge in [0.15, 0.2) is 0 Å². The molecule has 2 aromatic rings. The fourth-order valence-corrected chi connectivity index (χ4v) is 2.42. The summed E-state index contributed by atoms with van der Waals surface area (Å²) in [6.07, 6.45) is 1.05. The number of fused-ring (bicyclic) bond motifs is 1. The van der Waals surface area contributed by atoms with Crippen molar-refractivity contribution in [3.63, 3.8) is 0 Å². The highest BCUT2D eigenvalue weighted by Gasteiger charge is 2.14. The summed E-state index contributed by atoms with van der Waals surface area (Å²) in [5.74, 6) is 5.94. The van der Waals surface area contributed by atoms with Crippen molar-refractivity contribution in [1.82, 2.24) is 9.62 Å². The fraction of sp³-hybridized carbons (Fsp3) is 0.278. The Morgan fingerprint density at radius 1 is 1.16 bits per heavy atom. The minimum absolute atomic E-state index is 0.134. The second-order valence-electron chi connectivity index (χ2n) is 5.42. The molecule has 0 saturated heterocycles. The van der Waals surface area contributed by atoms with Crippen LogP contribution in [0.3, 0.4) is 0 Å². The minimum atomic E-state index is -3.37. The fourth-order valence-electron chi connectivity index (χ4n) is 2.07. The zero-order valence-electron chi connectivity index (χ0n) is 14.2. The summed E-state index contributed by atoms with van der Waals surface area (Å²) in [7, 11) is -2.02. The summed E-state index contributed by atoms with van der Waals surface area (Å²) >= 11 is 0. The van der Waals surface area contributed by atoms with Crippen LogP contribution in [0, 0.1) is 11.8 Å². The Hall–Kier alpha value is -2.56. The number of nitrogens with one attached hydrogen (secondary N) is 1. The van der Waals surface area contributed by atoms with Crippen LogP contribution in [0.2, 0.25) is 0 Å². The summed E-state index contributed by atoms with van der Waals surface area (Å²) in [6.45, 7) is 0.107. The van der Waals surface area contributed by atoms with Crippen molar-refractivity contribution in [2.45, 2.75) is 0 Å². The van der Waals surface area contributed by atoms with Crippen LogP contribution in [0.4, 0.5) is 0 Å².